The highest BCUT2D eigenvalue weighted by Crippen LogP contribution is 2.45. The minimum absolute atomic E-state index is 0.0496. The van der Waals surface area contributed by atoms with Crippen LogP contribution in [0.4, 0.5) is 5.13 Å². The van der Waals surface area contributed by atoms with Gasteiger partial charge < -0.3 is 21.1 Å². The number of carbonyl (C=O) groups excluding carboxylic acids is 1. The SMILES string of the molecule is C=C(C(C)O)C1CC1/C=C/Nc1nc(/C(SCNC(C)=O)=C(\C)NC)cs1. The lowest BCUT2D eigenvalue weighted by Gasteiger charge is -2.10. The van der Waals surface area contributed by atoms with Crippen molar-refractivity contribution in [2.75, 3.05) is 18.2 Å². The standard InChI is InChI=1S/C19H28N4O2S2/c1-11(13(3)24)16-8-15(16)6-7-21-19-23-17(9-26-19)18(12(2)20-5)27-10-22-14(4)25/h6-7,9,13,15-16,20,24H,1,8,10H2,2-5H3,(H,21,23)(H,22,25)/b7-6+,18-12-. The number of aliphatic hydroxyl groups excluding tert-OH is 1. The molecule has 148 valence electrons. The molecule has 1 aliphatic rings. The van der Waals surface area contributed by atoms with Crippen molar-refractivity contribution in [3.8, 4) is 0 Å². The number of nitrogens with one attached hydrogen (secondary N) is 3. The summed E-state index contributed by atoms with van der Waals surface area (Å²) in [5, 5.41) is 21.6. The first-order chi connectivity index (χ1) is 12.8. The summed E-state index contributed by atoms with van der Waals surface area (Å²) in [6.07, 6.45) is 4.62. The summed E-state index contributed by atoms with van der Waals surface area (Å²) in [7, 11) is 1.87. The van der Waals surface area contributed by atoms with E-state index >= 15 is 0 Å². The van der Waals surface area contributed by atoms with Gasteiger partial charge in [-0.25, -0.2) is 4.98 Å². The second-order valence-electron chi connectivity index (χ2n) is 6.52. The van der Waals surface area contributed by atoms with E-state index in [1.165, 1.54) is 18.3 Å². The zero-order valence-electron chi connectivity index (χ0n) is 16.2. The number of aromatic nitrogens is 1. The van der Waals surface area contributed by atoms with Crippen LogP contribution in [0.3, 0.4) is 0 Å². The molecule has 1 aliphatic carbocycles. The van der Waals surface area contributed by atoms with Gasteiger partial charge in [-0.2, -0.15) is 0 Å². The molecule has 1 saturated carbocycles. The van der Waals surface area contributed by atoms with Gasteiger partial charge in [0, 0.05) is 25.0 Å². The van der Waals surface area contributed by atoms with E-state index in [4.69, 9.17) is 0 Å². The molecule has 0 radical (unpaired) electrons. The molecular formula is C19H28N4O2S2. The maximum absolute atomic E-state index is 11.1. The summed E-state index contributed by atoms with van der Waals surface area (Å²) < 4.78 is 0. The van der Waals surface area contributed by atoms with Crippen LogP contribution in [0.1, 0.15) is 32.9 Å². The van der Waals surface area contributed by atoms with Crippen LogP contribution >= 0.6 is 23.1 Å². The van der Waals surface area contributed by atoms with Crippen molar-refractivity contribution in [3.63, 3.8) is 0 Å². The third kappa shape index (κ3) is 6.41. The predicted molar refractivity (Wildman–Crippen MR) is 115 cm³/mol. The maximum atomic E-state index is 11.1. The molecule has 0 aromatic carbocycles. The lowest BCUT2D eigenvalue weighted by Crippen LogP contribution is -2.19. The molecule has 2 rings (SSSR count). The topological polar surface area (TPSA) is 86.3 Å². The summed E-state index contributed by atoms with van der Waals surface area (Å²) in [5.74, 6) is 1.27. The number of allylic oxidation sites excluding steroid dienone is 2. The predicted octanol–water partition coefficient (Wildman–Crippen LogP) is 3.38. The number of hydrogen-bond donors (Lipinski definition) is 4. The van der Waals surface area contributed by atoms with Gasteiger partial charge in [-0.15, -0.1) is 23.1 Å². The zero-order chi connectivity index (χ0) is 20.0. The van der Waals surface area contributed by atoms with Gasteiger partial charge in [-0.3, -0.25) is 4.79 Å². The largest absolute Gasteiger partial charge is 0.391 e. The number of thioether (sulfide) groups is 1. The van der Waals surface area contributed by atoms with E-state index in [9.17, 15) is 9.90 Å². The first-order valence-electron chi connectivity index (χ1n) is 8.85. The number of nitrogens with zero attached hydrogens (tertiary/aromatic N) is 1. The first kappa shape index (κ1) is 21.5. The van der Waals surface area contributed by atoms with Crippen LogP contribution in [0.15, 0.2) is 35.5 Å². The Labute approximate surface area is 169 Å². The summed E-state index contributed by atoms with van der Waals surface area (Å²) in [5.41, 5.74) is 2.80. The first-order valence-corrected chi connectivity index (χ1v) is 10.7. The van der Waals surface area contributed by atoms with Crippen molar-refractivity contribution in [1.82, 2.24) is 15.6 Å². The summed E-state index contributed by atoms with van der Waals surface area (Å²) in [6.45, 7) is 9.22. The Morgan fingerprint density at radius 3 is 2.93 bits per heavy atom. The molecule has 27 heavy (non-hydrogen) atoms. The summed E-state index contributed by atoms with van der Waals surface area (Å²) in [6, 6.07) is 0. The molecule has 1 aromatic heterocycles. The number of thiazole rings is 1. The van der Waals surface area contributed by atoms with E-state index in [1.54, 1.807) is 18.7 Å². The van der Waals surface area contributed by atoms with Gasteiger partial charge in [0.1, 0.15) is 0 Å². The fourth-order valence-corrected chi connectivity index (χ4v) is 4.29. The van der Waals surface area contributed by atoms with Gasteiger partial charge in [0.05, 0.1) is 22.6 Å². The molecule has 1 fully saturated rings. The number of hydrogen-bond acceptors (Lipinski definition) is 7. The number of amides is 1. The van der Waals surface area contributed by atoms with E-state index < -0.39 is 6.10 Å². The fraction of sp³-hybridized carbons (Fsp3) is 0.474. The number of aliphatic hydroxyl groups is 1. The molecule has 0 bridgehead atoms. The van der Waals surface area contributed by atoms with Gasteiger partial charge in [0.15, 0.2) is 5.13 Å². The van der Waals surface area contributed by atoms with Crippen molar-refractivity contribution in [2.24, 2.45) is 11.8 Å². The molecule has 6 nitrogen and oxygen atoms in total. The number of rotatable bonds is 10. The van der Waals surface area contributed by atoms with E-state index in [1.807, 2.05) is 25.6 Å². The Hall–Kier alpha value is -1.77. The van der Waals surface area contributed by atoms with E-state index in [0.29, 0.717) is 17.7 Å². The normalized spacial score (nSPS) is 20.8. The van der Waals surface area contributed by atoms with Crippen LogP contribution in [-0.4, -0.2) is 35.0 Å². The summed E-state index contributed by atoms with van der Waals surface area (Å²) in [4.78, 5) is 16.7. The lowest BCUT2D eigenvalue weighted by atomic mass is 10.1. The molecular weight excluding hydrogens is 380 g/mol. The summed E-state index contributed by atoms with van der Waals surface area (Å²) >= 11 is 3.08. The Kier molecular flexibility index (Phi) is 7.94. The van der Waals surface area contributed by atoms with E-state index in [2.05, 4.69) is 33.6 Å². The average molecular weight is 409 g/mol. The van der Waals surface area contributed by atoms with Crippen LogP contribution in [0.2, 0.25) is 0 Å². The minimum atomic E-state index is -0.446. The molecule has 0 spiro atoms. The second kappa shape index (κ2) is 9.96. The molecule has 1 aromatic rings. The highest BCUT2D eigenvalue weighted by atomic mass is 32.2. The molecule has 1 amide bonds. The van der Waals surface area contributed by atoms with Crippen LogP contribution < -0.4 is 16.0 Å². The highest BCUT2D eigenvalue weighted by molar-refractivity contribution is 8.08. The molecule has 8 heteroatoms. The van der Waals surface area contributed by atoms with E-state index in [-0.39, 0.29) is 5.91 Å². The fourth-order valence-electron chi connectivity index (χ4n) is 2.55. The molecule has 0 aliphatic heterocycles. The third-order valence-electron chi connectivity index (χ3n) is 4.39. The Bertz CT molecular complexity index is 740. The van der Waals surface area contributed by atoms with Gasteiger partial charge in [0.25, 0.3) is 0 Å². The molecule has 0 saturated heterocycles. The monoisotopic (exact) mass is 408 g/mol. The molecule has 3 atom stereocenters. The highest BCUT2D eigenvalue weighted by Gasteiger charge is 2.38. The van der Waals surface area contributed by atoms with Crippen molar-refractivity contribution in [3.05, 3.63) is 41.2 Å². The molecule has 3 unspecified atom stereocenters. The Balaban J connectivity index is 1.93. The van der Waals surface area contributed by atoms with Crippen LogP contribution in [-0.2, 0) is 4.79 Å². The van der Waals surface area contributed by atoms with Crippen LogP contribution in [0.25, 0.3) is 4.91 Å². The third-order valence-corrected chi connectivity index (χ3v) is 6.26. The van der Waals surface area contributed by atoms with Gasteiger partial charge in [0.2, 0.25) is 5.91 Å². The lowest BCUT2D eigenvalue weighted by molar-refractivity contribution is -0.118. The Morgan fingerprint density at radius 1 is 1.56 bits per heavy atom. The number of anilines is 1. The smallest absolute Gasteiger partial charge is 0.217 e. The van der Waals surface area contributed by atoms with Crippen molar-refractivity contribution < 1.29 is 9.90 Å². The van der Waals surface area contributed by atoms with Crippen LogP contribution in [0, 0.1) is 11.8 Å². The average Bonchev–Trinajstić information content (AvgIpc) is 3.24. The number of carbonyl (C=O) groups is 1. The van der Waals surface area contributed by atoms with E-state index in [0.717, 1.165) is 33.4 Å². The van der Waals surface area contributed by atoms with Crippen molar-refractivity contribution in [2.45, 2.75) is 33.3 Å². The van der Waals surface area contributed by atoms with Gasteiger partial charge in [-0.05, 0) is 43.9 Å². The maximum Gasteiger partial charge on any atom is 0.217 e. The quantitative estimate of drug-likeness (QED) is 0.351. The zero-order valence-corrected chi connectivity index (χ0v) is 17.8. The van der Waals surface area contributed by atoms with Crippen molar-refractivity contribution in [1.29, 1.82) is 0 Å². The Morgan fingerprint density at radius 2 is 2.30 bits per heavy atom. The van der Waals surface area contributed by atoms with Crippen LogP contribution in [0.5, 0.6) is 0 Å². The molecule has 4 N–H and O–H groups in total. The van der Waals surface area contributed by atoms with Gasteiger partial charge >= 0.3 is 0 Å². The van der Waals surface area contributed by atoms with Crippen molar-refractivity contribution >= 4 is 39.0 Å². The van der Waals surface area contributed by atoms with Gasteiger partial charge in [-0.1, -0.05) is 12.7 Å². The minimum Gasteiger partial charge on any atom is -0.391 e. The molecule has 1 heterocycles. The second-order valence-corrected chi connectivity index (χ2v) is 8.37.